The van der Waals surface area contributed by atoms with Crippen LogP contribution in [0, 0.1) is 0 Å². The van der Waals surface area contributed by atoms with Crippen molar-refractivity contribution < 1.29 is 9.31 Å². The summed E-state index contributed by atoms with van der Waals surface area (Å²) in [5.41, 5.74) is 4.73. The van der Waals surface area contributed by atoms with E-state index in [1.807, 2.05) is 18.2 Å². The zero-order chi connectivity index (χ0) is 19.8. The fourth-order valence-electron chi connectivity index (χ4n) is 3.32. The zero-order valence-electron chi connectivity index (χ0n) is 16.9. The maximum Gasteiger partial charge on any atom is 0.496 e. The first-order valence-corrected chi connectivity index (χ1v) is 9.73. The van der Waals surface area contributed by atoms with Crippen molar-refractivity contribution in [1.29, 1.82) is 0 Å². The Morgan fingerprint density at radius 1 is 0.643 bits per heavy atom. The molecule has 0 atom stereocenters. The van der Waals surface area contributed by atoms with Crippen molar-refractivity contribution in [2.45, 2.75) is 38.9 Å². The number of hydrogen-bond donors (Lipinski definition) is 1. The summed E-state index contributed by atoms with van der Waals surface area (Å²) >= 11 is 0. The van der Waals surface area contributed by atoms with Crippen molar-refractivity contribution in [3.63, 3.8) is 0 Å². The van der Waals surface area contributed by atoms with Crippen LogP contribution in [0.3, 0.4) is 0 Å². The van der Waals surface area contributed by atoms with Crippen molar-refractivity contribution in [2.24, 2.45) is 0 Å². The van der Waals surface area contributed by atoms with Gasteiger partial charge in [-0.1, -0.05) is 60.7 Å². The smallest absolute Gasteiger partial charge is 0.399 e. The van der Waals surface area contributed by atoms with Gasteiger partial charge in [-0.15, -0.1) is 0 Å². The molecule has 0 aromatic heterocycles. The Bertz CT molecular complexity index is 936. The van der Waals surface area contributed by atoms with E-state index in [9.17, 15) is 0 Å². The third kappa shape index (κ3) is 3.58. The normalized spacial score (nSPS) is 17.5. The summed E-state index contributed by atoms with van der Waals surface area (Å²) in [7, 11) is -0.391. The lowest BCUT2D eigenvalue weighted by atomic mass is 9.77. The summed E-state index contributed by atoms with van der Waals surface area (Å²) in [6.07, 6.45) is 0. The number of rotatable bonds is 4. The van der Waals surface area contributed by atoms with Gasteiger partial charge in [0, 0.05) is 16.8 Å². The lowest BCUT2D eigenvalue weighted by Gasteiger charge is -2.32. The molecule has 3 aromatic rings. The Balaban J connectivity index is 1.57. The van der Waals surface area contributed by atoms with Gasteiger partial charge >= 0.3 is 7.12 Å². The molecule has 1 aliphatic heterocycles. The Morgan fingerprint density at radius 2 is 1.18 bits per heavy atom. The highest BCUT2D eigenvalue weighted by atomic mass is 16.7. The van der Waals surface area contributed by atoms with Gasteiger partial charge in [0.1, 0.15) is 0 Å². The quantitative estimate of drug-likeness (QED) is 0.623. The van der Waals surface area contributed by atoms with Crippen molar-refractivity contribution in [3.8, 4) is 11.1 Å². The SMILES string of the molecule is CC1(C)OB(c2ccccc2Nc2ccc(-c3ccccc3)cc2)OC1(C)C. The van der Waals surface area contributed by atoms with Crippen LogP contribution in [0.1, 0.15) is 27.7 Å². The standard InChI is InChI=1S/C24H26BNO2/c1-23(2)24(3,4)28-25(27-23)21-12-8-9-13-22(21)26-20-16-14-19(15-17-20)18-10-6-5-7-11-18/h5-17,26H,1-4H3. The summed E-state index contributed by atoms with van der Waals surface area (Å²) in [5, 5.41) is 3.52. The molecule has 142 valence electrons. The molecule has 0 spiro atoms. The summed E-state index contributed by atoms with van der Waals surface area (Å²) < 4.78 is 12.5. The minimum Gasteiger partial charge on any atom is -0.399 e. The molecule has 0 aliphatic carbocycles. The van der Waals surface area contributed by atoms with Gasteiger partial charge in [-0.05, 0) is 57.0 Å². The molecule has 4 rings (SSSR count). The van der Waals surface area contributed by atoms with Crippen molar-refractivity contribution in [3.05, 3.63) is 78.9 Å². The highest BCUT2D eigenvalue weighted by Crippen LogP contribution is 2.37. The number of benzene rings is 3. The second kappa shape index (κ2) is 7.12. The molecule has 1 N–H and O–H groups in total. The lowest BCUT2D eigenvalue weighted by Crippen LogP contribution is -2.41. The predicted molar refractivity (Wildman–Crippen MR) is 117 cm³/mol. The van der Waals surface area contributed by atoms with Gasteiger partial charge in [0.25, 0.3) is 0 Å². The van der Waals surface area contributed by atoms with Crippen LogP contribution in [-0.2, 0) is 9.31 Å². The molecule has 0 bridgehead atoms. The lowest BCUT2D eigenvalue weighted by molar-refractivity contribution is 0.00578. The average molecular weight is 371 g/mol. The van der Waals surface area contributed by atoms with E-state index in [4.69, 9.17) is 9.31 Å². The van der Waals surface area contributed by atoms with Crippen molar-refractivity contribution >= 4 is 24.0 Å². The minimum atomic E-state index is -0.391. The van der Waals surface area contributed by atoms with E-state index >= 15 is 0 Å². The van der Waals surface area contributed by atoms with Gasteiger partial charge in [-0.2, -0.15) is 0 Å². The molecule has 0 amide bonds. The molecule has 4 heteroatoms. The van der Waals surface area contributed by atoms with E-state index in [2.05, 4.69) is 93.7 Å². The Hall–Kier alpha value is -2.56. The molecule has 3 nitrogen and oxygen atoms in total. The topological polar surface area (TPSA) is 30.5 Å². The molecular formula is C24H26BNO2. The zero-order valence-corrected chi connectivity index (χ0v) is 16.9. The van der Waals surface area contributed by atoms with Gasteiger partial charge in [-0.3, -0.25) is 0 Å². The maximum absolute atomic E-state index is 6.24. The van der Waals surface area contributed by atoms with Crippen molar-refractivity contribution in [1.82, 2.24) is 0 Å². The molecular weight excluding hydrogens is 345 g/mol. The van der Waals surface area contributed by atoms with Crippen LogP contribution >= 0.6 is 0 Å². The molecule has 1 heterocycles. The van der Waals surface area contributed by atoms with Gasteiger partial charge in [0.2, 0.25) is 0 Å². The molecule has 0 saturated carbocycles. The first-order valence-electron chi connectivity index (χ1n) is 9.73. The highest BCUT2D eigenvalue weighted by molar-refractivity contribution is 6.64. The third-order valence-electron chi connectivity index (χ3n) is 5.74. The average Bonchev–Trinajstić information content (AvgIpc) is 2.91. The van der Waals surface area contributed by atoms with Crippen LogP contribution in [0.5, 0.6) is 0 Å². The predicted octanol–water partition coefficient (Wildman–Crippen LogP) is 5.40. The third-order valence-corrected chi connectivity index (χ3v) is 5.74. The molecule has 1 saturated heterocycles. The molecule has 28 heavy (non-hydrogen) atoms. The van der Waals surface area contributed by atoms with E-state index in [0.717, 1.165) is 16.8 Å². The number of nitrogens with one attached hydrogen (secondary N) is 1. The summed E-state index contributed by atoms with van der Waals surface area (Å²) in [4.78, 5) is 0. The molecule has 1 aliphatic rings. The fourth-order valence-corrected chi connectivity index (χ4v) is 3.32. The maximum atomic E-state index is 6.24. The molecule has 0 unspecified atom stereocenters. The highest BCUT2D eigenvalue weighted by Gasteiger charge is 2.52. The summed E-state index contributed by atoms with van der Waals surface area (Å²) in [6, 6.07) is 27.0. The van der Waals surface area contributed by atoms with Crippen LogP contribution in [-0.4, -0.2) is 18.3 Å². The van der Waals surface area contributed by atoms with Gasteiger partial charge < -0.3 is 14.6 Å². The Kier molecular flexibility index (Phi) is 4.78. The second-order valence-corrected chi connectivity index (χ2v) is 8.24. The Morgan fingerprint density at radius 3 is 1.82 bits per heavy atom. The summed E-state index contributed by atoms with van der Waals surface area (Å²) in [5.74, 6) is 0. The first kappa shape index (κ1) is 18.8. The van der Waals surface area contributed by atoms with Crippen LogP contribution in [0.15, 0.2) is 78.9 Å². The molecule has 1 fully saturated rings. The Labute approximate surface area is 167 Å². The monoisotopic (exact) mass is 371 g/mol. The van der Waals surface area contributed by atoms with Crippen molar-refractivity contribution in [2.75, 3.05) is 5.32 Å². The van der Waals surface area contributed by atoms with E-state index in [-0.39, 0.29) is 11.2 Å². The van der Waals surface area contributed by atoms with E-state index < -0.39 is 7.12 Å². The minimum absolute atomic E-state index is 0.359. The van der Waals surface area contributed by atoms with Gasteiger partial charge in [-0.25, -0.2) is 0 Å². The van der Waals surface area contributed by atoms with E-state index in [1.165, 1.54) is 11.1 Å². The van der Waals surface area contributed by atoms with Crippen LogP contribution in [0.25, 0.3) is 11.1 Å². The summed E-state index contributed by atoms with van der Waals surface area (Å²) in [6.45, 7) is 8.30. The van der Waals surface area contributed by atoms with Crippen LogP contribution < -0.4 is 10.8 Å². The number of para-hydroxylation sites is 1. The second-order valence-electron chi connectivity index (χ2n) is 8.24. The van der Waals surface area contributed by atoms with Gasteiger partial charge in [0.15, 0.2) is 0 Å². The van der Waals surface area contributed by atoms with Gasteiger partial charge in [0.05, 0.1) is 11.2 Å². The number of hydrogen-bond acceptors (Lipinski definition) is 3. The van der Waals surface area contributed by atoms with Crippen LogP contribution in [0.4, 0.5) is 11.4 Å². The number of anilines is 2. The fraction of sp³-hybridized carbons (Fsp3) is 0.250. The molecule has 0 radical (unpaired) electrons. The molecule has 3 aromatic carbocycles. The first-order chi connectivity index (χ1) is 13.4. The van der Waals surface area contributed by atoms with E-state index in [0.29, 0.717) is 0 Å². The van der Waals surface area contributed by atoms with Crippen LogP contribution in [0.2, 0.25) is 0 Å². The largest absolute Gasteiger partial charge is 0.496 e. The van der Waals surface area contributed by atoms with E-state index in [1.54, 1.807) is 0 Å².